The fourth-order valence-corrected chi connectivity index (χ4v) is 3.39. The molecule has 2 N–H and O–H groups in total. The Hall–Kier alpha value is -2.08. The van der Waals surface area contributed by atoms with Gasteiger partial charge in [-0.2, -0.15) is 0 Å². The minimum Gasteiger partial charge on any atom is -0.736 e. The van der Waals surface area contributed by atoms with E-state index in [1.807, 2.05) is 0 Å². The third-order valence-corrected chi connectivity index (χ3v) is 4.82. The first-order chi connectivity index (χ1) is 13.4. The van der Waals surface area contributed by atoms with E-state index in [0.717, 1.165) is 5.56 Å². The number of carbonyl (C=O) groups excluding carboxylic acids is 1. The number of phosphoric ester groups is 1. The predicted octanol–water partition coefficient (Wildman–Crippen LogP) is 1.01. The Balaban J connectivity index is 0.00000300. The number of benzene rings is 3. The zero-order valence-electron chi connectivity index (χ0n) is 16.0. The zero-order valence-corrected chi connectivity index (χ0v) is 18.9. The summed E-state index contributed by atoms with van der Waals surface area (Å²) in [5, 5.41) is 0. The number of para-hydroxylation sites is 1. The Morgan fingerprint density at radius 1 is 0.897 bits per heavy atom. The molecule has 0 saturated carbocycles. The second-order valence-corrected chi connectivity index (χ2v) is 7.40. The maximum absolute atomic E-state index is 12.2. The van der Waals surface area contributed by atoms with Crippen LogP contribution in [0.1, 0.15) is 22.3 Å². The summed E-state index contributed by atoms with van der Waals surface area (Å²) < 4.78 is 21.8. The number of aryl methyl sites for hydroxylation is 1. The Labute approximate surface area is 191 Å². The number of phosphoric acid groups is 1. The van der Waals surface area contributed by atoms with Crippen LogP contribution >= 0.6 is 7.82 Å². The normalized spacial score (nSPS) is 12.3. The van der Waals surface area contributed by atoms with Crippen molar-refractivity contribution in [3.05, 3.63) is 90.0 Å². The van der Waals surface area contributed by atoms with Gasteiger partial charge in [-0.15, -0.1) is 0 Å². The van der Waals surface area contributed by atoms with E-state index in [2.05, 4.69) is 0 Å². The predicted molar refractivity (Wildman–Crippen MR) is 105 cm³/mol. The number of ketones is 1. The van der Waals surface area contributed by atoms with E-state index in [9.17, 15) is 14.3 Å². The van der Waals surface area contributed by atoms with Crippen LogP contribution in [0.3, 0.4) is 0 Å². The molecule has 0 aliphatic heterocycles. The summed E-state index contributed by atoms with van der Waals surface area (Å²) in [7, 11) is -4.54. The van der Waals surface area contributed by atoms with E-state index in [1.165, 1.54) is 24.3 Å². The molecule has 0 saturated heterocycles. The van der Waals surface area contributed by atoms with Gasteiger partial charge in [-0.3, -0.25) is 4.79 Å². The van der Waals surface area contributed by atoms with Gasteiger partial charge in [0.05, 0.1) is 0 Å². The van der Waals surface area contributed by atoms with Gasteiger partial charge in [0.25, 0.3) is 0 Å². The summed E-state index contributed by atoms with van der Waals surface area (Å²) in [6.45, 7) is 0. The van der Waals surface area contributed by atoms with Gasteiger partial charge in [-0.1, -0.05) is 42.5 Å². The van der Waals surface area contributed by atoms with E-state index in [0.29, 0.717) is 24.1 Å². The second-order valence-electron chi connectivity index (χ2n) is 6.14. The van der Waals surface area contributed by atoms with Gasteiger partial charge in [0.2, 0.25) is 0 Å². The molecule has 3 aromatic carbocycles. The van der Waals surface area contributed by atoms with Crippen LogP contribution in [-0.2, 0) is 11.0 Å². The smallest absolute Gasteiger partial charge is 0.736 e. The van der Waals surface area contributed by atoms with Crippen molar-refractivity contribution >= 4 is 19.3 Å². The van der Waals surface area contributed by atoms with Gasteiger partial charge >= 0.3 is 37.4 Å². The fourth-order valence-electron chi connectivity index (χ4n) is 2.59. The van der Waals surface area contributed by atoms with Crippen LogP contribution in [0.5, 0.6) is 11.5 Å². The Bertz CT molecular complexity index is 995. The first-order valence-corrected chi connectivity index (χ1v) is 10.1. The molecule has 3 rings (SSSR count). The van der Waals surface area contributed by atoms with Gasteiger partial charge < -0.3 is 19.7 Å². The van der Waals surface area contributed by atoms with Crippen LogP contribution in [-0.4, -0.2) is 5.78 Å². The molecule has 6 nitrogen and oxygen atoms in total. The van der Waals surface area contributed by atoms with Crippen LogP contribution in [0, 0.1) is 0 Å². The van der Waals surface area contributed by atoms with Crippen molar-refractivity contribution in [2.75, 3.05) is 5.73 Å². The molecule has 1 atom stereocenters. The fraction of sp³-hybridized carbons (Fsp3) is 0.0952. The minimum atomic E-state index is -4.54. The molecule has 0 amide bonds. The average Bonchev–Trinajstić information content (AvgIpc) is 2.67. The number of carbonyl (C=O) groups is 1. The minimum absolute atomic E-state index is 0. The Morgan fingerprint density at radius 3 is 2.14 bits per heavy atom. The summed E-state index contributed by atoms with van der Waals surface area (Å²) in [5.41, 5.74) is 7.70. The van der Waals surface area contributed by atoms with Crippen LogP contribution in [0.2, 0.25) is 0 Å². The molecule has 144 valence electrons. The second kappa shape index (κ2) is 10.6. The number of Topliss-reactive ketones (excluding diaryl/α,β-unsaturated/α-hetero) is 1. The molecule has 0 heterocycles. The maximum atomic E-state index is 12.2. The molecule has 0 fully saturated rings. The van der Waals surface area contributed by atoms with E-state index in [4.69, 9.17) is 14.8 Å². The molecule has 0 aromatic heterocycles. The quantitative estimate of drug-likeness (QED) is 0.253. The maximum Gasteiger partial charge on any atom is 1.00 e. The molecule has 8 heteroatoms. The van der Waals surface area contributed by atoms with Crippen LogP contribution in [0.4, 0.5) is 5.69 Å². The van der Waals surface area contributed by atoms with Crippen LogP contribution in [0.15, 0.2) is 78.9 Å². The number of rotatable bonds is 8. The molecule has 1 unspecified atom stereocenters. The van der Waals surface area contributed by atoms with Gasteiger partial charge in [0.15, 0.2) is 5.78 Å². The summed E-state index contributed by atoms with van der Waals surface area (Å²) in [5.74, 6) is 0.311. The number of nitrogens with two attached hydrogens (primary N) is 1. The number of hydrogen-bond acceptors (Lipinski definition) is 6. The summed E-state index contributed by atoms with van der Waals surface area (Å²) in [4.78, 5) is 24.2. The van der Waals surface area contributed by atoms with Crippen LogP contribution in [0.25, 0.3) is 0 Å². The molecule has 0 radical (unpaired) electrons. The Kier molecular flexibility index (Phi) is 8.50. The van der Waals surface area contributed by atoms with Gasteiger partial charge in [0, 0.05) is 17.7 Å². The zero-order chi connectivity index (χ0) is 20.0. The van der Waals surface area contributed by atoms with Gasteiger partial charge in [-0.05, 0) is 48.4 Å². The van der Waals surface area contributed by atoms with Crippen LogP contribution < -0.4 is 49.2 Å². The monoisotopic (exact) mass is 419 g/mol. The first kappa shape index (κ1) is 23.2. The molecule has 0 spiro atoms. The van der Waals surface area contributed by atoms with E-state index < -0.39 is 7.82 Å². The molecule has 29 heavy (non-hydrogen) atoms. The third-order valence-electron chi connectivity index (χ3n) is 3.95. The molecule has 0 aliphatic carbocycles. The number of anilines is 1. The van der Waals surface area contributed by atoms with Gasteiger partial charge in [-0.25, -0.2) is 4.57 Å². The number of nitrogen functional groups attached to an aromatic ring is 1. The van der Waals surface area contributed by atoms with E-state index in [-0.39, 0.29) is 46.8 Å². The standard InChI is InChI=1S/C21H20NO5P.Na/c22-18-6-4-5-17(15-18)21(23)14-11-16-9-12-20(13-10-16)27-28(24,25)26-19-7-2-1-3-8-19;/h1-10,12-13,15H,11,14,22H2,(H,24,25);/q;+1/p-1. The van der Waals surface area contributed by atoms with Crippen molar-refractivity contribution in [2.45, 2.75) is 12.8 Å². The van der Waals surface area contributed by atoms with Crippen molar-refractivity contribution in [3.63, 3.8) is 0 Å². The van der Waals surface area contributed by atoms with Crippen molar-refractivity contribution in [3.8, 4) is 11.5 Å². The number of hydrogen-bond donors (Lipinski definition) is 1. The topological polar surface area (TPSA) is 102 Å². The first-order valence-electron chi connectivity index (χ1n) is 8.64. The molecule has 0 bridgehead atoms. The molecule has 0 aliphatic rings. The SMILES string of the molecule is Nc1cccc(C(=O)CCc2ccc(OP(=O)([O-])Oc3ccccc3)cc2)c1.[Na+]. The van der Waals surface area contributed by atoms with Gasteiger partial charge in [0.1, 0.15) is 11.5 Å². The Morgan fingerprint density at radius 2 is 1.52 bits per heavy atom. The third kappa shape index (κ3) is 7.35. The van der Waals surface area contributed by atoms with E-state index >= 15 is 0 Å². The summed E-state index contributed by atoms with van der Waals surface area (Å²) in [6.07, 6.45) is 0.838. The van der Waals surface area contributed by atoms with E-state index in [1.54, 1.807) is 54.6 Å². The largest absolute Gasteiger partial charge is 1.00 e. The van der Waals surface area contributed by atoms with Crippen molar-refractivity contribution in [1.82, 2.24) is 0 Å². The molecule has 3 aromatic rings. The summed E-state index contributed by atoms with van der Waals surface area (Å²) in [6, 6.07) is 21.4. The molecular weight excluding hydrogens is 400 g/mol. The van der Waals surface area contributed by atoms with Crippen molar-refractivity contribution < 1.29 is 52.9 Å². The average molecular weight is 419 g/mol. The van der Waals surface area contributed by atoms with Crippen molar-refractivity contribution in [2.24, 2.45) is 0 Å². The molecular formula is C21H19NNaO5P. The van der Waals surface area contributed by atoms with Crippen molar-refractivity contribution in [1.29, 1.82) is 0 Å². The summed E-state index contributed by atoms with van der Waals surface area (Å²) >= 11 is 0.